The van der Waals surface area contributed by atoms with Gasteiger partial charge >= 0.3 is 0 Å². The van der Waals surface area contributed by atoms with Crippen LogP contribution in [0.1, 0.15) is 67.5 Å². The van der Waals surface area contributed by atoms with Crippen LogP contribution in [0.25, 0.3) is 0 Å². The molecule has 1 amide bonds. The van der Waals surface area contributed by atoms with Gasteiger partial charge in [0.1, 0.15) is 5.76 Å². The van der Waals surface area contributed by atoms with Gasteiger partial charge in [-0.15, -0.1) is 0 Å². The third-order valence-electron chi connectivity index (χ3n) is 5.20. The Labute approximate surface area is 150 Å². The molecule has 1 saturated carbocycles. The number of hydrogen-bond donors (Lipinski definition) is 2. The Morgan fingerprint density at radius 2 is 1.88 bits per heavy atom. The first-order valence-corrected chi connectivity index (χ1v) is 9.31. The average Bonchev–Trinajstić information content (AvgIpc) is 3.30. The maximum atomic E-state index is 12.4. The van der Waals surface area contributed by atoms with Crippen LogP contribution in [-0.2, 0) is 6.42 Å². The molecule has 1 aliphatic carbocycles. The molecular formula is C21H28N2O2. The van der Waals surface area contributed by atoms with Gasteiger partial charge in [-0.1, -0.05) is 50.1 Å². The van der Waals surface area contributed by atoms with Crippen LogP contribution in [0.3, 0.4) is 0 Å². The molecule has 4 nitrogen and oxygen atoms in total. The van der Waals surface area contributed by atoms with Gasteiger partial charge in [0.15, 0.2) is 5.76 Å². The molecular weight excluding hydrogens is 312 g/mol. The van der Waals surface area contributed by atoms with E-state index in [4.69, 9.17) is 4.42 Å². The van der Waals surface area contributed by atoms with Gasteiger partial charge in [-0.3, -0.25) is 4.79 Å². The topological polar surface area (TPSA) is 54.3 Å². The summed E-state index contributed by atoms with van der Waals surface area (Å²) in [6.45, 7) is 4.84. The molecule has 0 saturated heterocycles. The van der Waals surface area contributed by atoms with Crippen molar-refractivity contribution in [3.05, 3.63) is 59.5 Å². The summed E-state index contributed by atoms with van der Waals surface area (Å²) in [5.74, 6) is 1.12. The Balaban J connectivity index is 1.63. The summed E-state index contributed by atoms with van der Waals surface area (Å²) in [6.07, 6.45) is 5.37. The summed E-state index contributed by atoms with van der Waals surface area (Å²) in [4.78, 5) is 12.4. The molecule has 1 unspecified atom stereocenters. The van der Waals surface area contributed by atoms with Crippen molar-refractivity contribution in [1.29, 1.82) is 0 Å². The van der Waals surface area contributed by atoms with Crippen molar-refractivity contribution in [1.82, 2.24) is 10.6 Å². The number of rotatable bonds is 7. The molecule has 1 aromatic heterocycles. The summed E-state index contributed by atoms with van der Waals surface area (Å²) in [5.41, 5.74) is 1.24. The summed E-state index contributed by atoms with van der Waals surface area (Å²) in [6, 6.07) is 14.4. The van der Waals surface area contributed by atoms with E-state index in [0.717, 1.165) is 25.0 Å². The van der Waals surface area contributed by atoms with Gasteiger partial charge in [-0.25, -0.2) is 0 Å². The van der Waals surface area contributed by atoms with E-state index in [2.05, 4.69) is 41.8 Å². The number of amides is 1. The largest absolute Gasteiger partial charge is 0.456 e. The van der Waals surface area contributed by atoms with Gasteiger partial charge in [0.25, 0.3) is 5.91 Å². The van der Waals surface area contributed by atoms with E-state index < -0.39 is 0 Å². The standard InChI is InChI=1S/C21H28N2O2/c1-3-18-11-12-19(25-18)20(24)22-15-21(13-7-8-14-21)23-16(2)17-9-5-4-6-10-17/h4-6,9-12,16,23H,3,7-8,13-15H2,1-2H3,(H,22,24). The molecule has 0 aliphatic heterocycles. The molecule has 3 rings (SSSR count). The molecule has 4 heteroatoms. The van der Waals surface area contributed by atoms with Crippen LogP contribution in [0.2, 0.25) is 0 Å². The molecule has 25 heavy (non-hydrogen) atoms. The Hall–Kier alpha value is -2.07. The Kier molecular flexibility index (Phi) is 5.59. The average molecular weight is 340 g/mol. The van der Waals surface area contributed by atoms with Gasteiger partial charge in [0, 0.05) is 24.5 Å². The zero-order valence-electron chi connectivity index (χ0n) is 15.2. The lowest BCUT2D eigenvalue weighted by Crippen LogP contribution is -2.52. The van der Waals surface area contributed by atoms with E-state index >= 15 is 0 Å². The first kappa shape index (κ1) is 17.7. The highest BCUT2D eigenvalue weighted by Crippen LogP contribution is 2.32. The van der Waals surface area contributed by atoms with E-state index in [-0.39, 0.29) is 17.5 Å². The Morgan fingerprint density at radius 1 is 1.16 bits per heavy atom. The van der Waals surface area contributed by atoms with Crippen molar-refractivity contribution >= 4 is 5.91 Å². The van der Waals surface area contributed by atoms with Gasteiger partial charge < -0.3 is 15.1 Å². The fraction of sp³-hybridized carbons (Fsp3) is 0.476. The van der Waals surface area contributed by atoms with Gasteiger partial charge in [-0.2, -0.15) is 0 Å². The van der Waals surface area contributed by atoms with E-state index in [1.807, 2.05) is 19.1 Å². The fourth-order valence-corrected chi connectivity index (χ4v) is 3.73. The first-order valence-electron chi connectivity index (χ1n) is 9.31. The Bertz CT molecular complexity index is 687. The van der Waals surface area contributed by atoms with E-state index in [1.54, 1.807) is 6.07 Å². The second-order valence-electron chi connectivity index (χ2n) is 7.07. The molecule has 2 aromatic rings. The van der Waals surface area contributed by atoms with Crippen molar-refractivity contribution in [3.63, 3.8) is 0 Å². The third kappa shape index (κ3) is 4.31. The Morgan fingerprint density at radius 3 is 2.52 bits per heavy atom. The van der Waals surface area contributed by atoms with E-state index in [1.165, 1.54) is 18.4 Å². The number of hydrogen-bond acceptors (Lipinski definition) is 3. The van der Waals surface area contributed by atoms with Gasteiger partial charge in [0.2, 0.25) is 0 Å². The zero-order valence-corrected chi connectivity index (χ0v) is 15.2. The third-order valence-corrected chi connectivity index (χ3v) is 5.20. The summed E-state index contributed by atoms with van der Waals surface area (Å²) >= 11 is 0. The van der Waals surface area contributed by atoms with Crippen LogP contribution in [0.15, 0.2) is 46.9 Å². The quantitative estimate of drug-likeness (QED) is 0.793. The van der Waals surface area contributed by atoms with E-state index in [0.29, 0.717) is 12.3 Å². The number of carbonyl (C=O) groups is 1. The van der Waals surface area contributed by atoms with E-state index in [9.17, 15) is 4.79 Å². The molecule has 1 aromatic carbocycles. The molecule has 1 aliphatic rings. The lowest BCUT2D eigenvalue weighted by atomic mass is 9.94. The maximum Gasteiger partial charge on any atom is 0.287 e. The van der Waals surface area contributed by atoms with Crippen molar-refractivity contribution in [2.75, 3.05) is 6.54 Å². The van der Waals surface area contributed by atoms with Crippen LogP contribution in [0.5, 0.6) is 0 Å². The molecule has 1 fully saturated rings. The summed E-state index contributed by atoms with van der Waals surface area (Å²) in [7, 11) is 0. The van der Waals surface area contributed by atoms with Crippen molar-refractivity contribution in [2.45, 2.75) is 57.5 Å². The maximum absolute atomic E-state index is 12.4. The van der Waals surface area contributed by atoms with Crippen LogP contribution in [-0.4, -0.2) is 18.0 Å². The summed E-state index contributed by atoms with van der Waals surface area (Å²) in [5, 5.41) is 6.87. The minimum Gasteiger partial charge on any atom is -0.456 e. The highest BCUT2D eigenvalue weighted by atomic mass is 16.3. The minimum absolute atomic E-state index is 0.0366. The van der Waals surface area contributed by atoms with Gasteiger partial charge in [-0.05, 0) is 37.5 Å². The number of carbonyl (C=O) groups excluding carboxylic acids is 1. The van der Waals surface area contributed by atoms with Crippen LogP contribution in [0, 0.1) is 0 Å². The SMILES string of the molecule is CCc1ccc(C(=O)NCC2(NC(C)c3ccccc3)CCCC2)o1. The molecule has 0 radical (unpaired) electrons. The second kappa shape index (κ2) is 7.87. The molecule has 1 heterocycles. The minimum atomic E-state index is -0.125. The van der Waals surface area contributed by atoms with Crippen molar-refractivity contribution < 1.29 is 9.21 Å². The highest BCUT2D eigenvalue weighted by Gasteiger charge is 2.35. The molecule has 0 bridgehead atoms. The number of benzene rings is 1. The molecule has 134 valence electrons. The van der Waals surface area contributed by atoms with Crippen LogP contribution >= 0.6 is 0 Å². The monoisotopic (exact) mass is 340 g/mol. The number of nitrogens with one attached hydrogen (secondary N) is 2. The van der Waals surface area contributed by atoms with Crippen molar-refractivity contribution in [2.24, 2.45) is 0 Å². The molecule has 2 N–H and O–H groups in total. The zero-order chi connectivity index (χ0) is 17.7. The predicted octanol–water partition coefficient (Wildman–Crippen LogP) is 4.24. The summed E-state index contributed by atoms with van der Waals surface area (Å²) < 4.78 is 5.56. The van der Waals surface area contributed by atoms with Gasteiger partial charge in [0.05, 0.1) is 0 Å². The molecule has 0 spiro atoms. The number of furan rings is 1. The first-order chi connectivity index (χ1) is 12.1. The predicted molar refractivity (Wildman–Crippen MR) is 99.6 cm³/mol. The fourth-order valence-electron chi connectivity index (χ4n) is 3.73. The lowest BCUT2D eigenvalue weighted by molar-refractivity contribution is 0.0907. The lowest BCUT2D eigenvalue weighted by Gasteiger charge is -2.34. The second-order valence-corrected chi connectivity index (χ2v) is 7.07. The van der Waals surface area contributed by atoms with Crippen LogP contribution < -0.4 is 10.6 Å². The number of aryl methyl sites for hydroxylation is 1. The normalized spacial score (nSPS) is 17.4. The molecule has 1 atom stereocenters. The highest BCUT2D eigenvalue weighted by molar-refractivity contribution is 5.91. The van der Waals surface area contributed by atoms with Crippen LogP contribution in [0.4, 0.5) is 0 Å². The smallest absolute Gasteiger partial charge is 0.287 e. The van der Waals surface area contributed by atoms with Crippen molar-refractivity contribution in [3.8, 4) is 0 Å².